The first-order valence-electron chi connectivity index (χ1n) is 6.70. The Balaban J connectivity index is 2.06. The van der Waals surface area contributed by atoms with E-state index >= 15 is 0 Å². The number of likely N-dealkylation sites (N-methyl/N-ethyl adjacent to an activating group) is 1. The van der Waals surface area contributed by atoms with E-state index in [2.05, 4.69) is 5.10 Å². The molecule has 114 valence electrons. The van der Waals surface area contributed by atoms with Crippen LogP contribution in [0.1, 0.15) is 30.2 Å². The molecule has 0 aliphatic rings. The van der Waals surface area contributed by atoms with Crippen molar-refractivity contribution in [3.8, 4) is 0 Å². The lowest BCUT2D eigenvalue weighted by Gasteiger charge is -2.26. The predicted octanol–water partition coefficient (Wildman–Crippen LogP) is 2.42. The van der Waals surface area contributed by atoms with Gasteiger partial charge >= 0.3 is 0 Å². The monoisotopic (exact) mass is 295 g/mol. The van der Waals surface area contributed by atoms with Gasteiger partial charge in [0.15, 0.2) is 0 Å². The molecule has 1 aromatic carbocycles. The molecule has 0 saturated carbocycles. The Morgan fingerprint density at radius 1 is 1.38 bits per heavy atom. The molecule has 2 aromatic rings. The second-order valence-corrected chi connectivity index (χ2v) is 5.24. The molecule has 1 heterocycles. The lowest BCUT2D eigenvalue weighted by molar-refractivity contribution is 0.105. The third-order valence-corrected chi connectivity index (χ3v) is 3.65. The van der Waals surface area contributed by atoms with Crippen molar-refractivity contribution in [2.45, 2.75) is 19.1 Å². The molecule has 0 aliphatic carbocycles. The molecule has 6 heteroatoms. The van der Waals surface area contributed by atoms with E-state index in [1.165, 1.54) is 6.07 Å². The van der Waals surface area contributed by atoms with E-state index in [1.807, 2.05) is 32.1 Å². The molecule has 0 bridgehead atoms. The van der Waals surface area contributed by atoms with Crippen LogP contribution in [0, 0.1) is 11.6 Å². The molecule has 0 amide bonds. The number of aromatic nitrogens is 2. The Bertz CT molecular complexity index is 615. The number of aryl methyl sites for hydroxylation is 1. The predicted molar refractivity (Wildman–Crippen MR) is 75.6 cm³/mol. The lowest BCUT2D eigenvalue weighted by atomic mass is 10.1. The summed E-state index contributed by atoms with van der Waals surface area (Å²) in [6.45, 7) is 2.21. The Kier molecular flexibility index (Phi) is 4.69. The van der Waals surface area contributed by atoms with E-state index < -0.39 is 17.7 Å². The molecule has 2 atom stereocenters. The third kappa shape index (κ3) is 3.65. The maximum Gasteiger partial charge on any atom is 0.131 e. The number of rotatable bonds is 5. The maximum atomic E-state index is 13.6. The molecular weight excluding hydrogens is 276 g/mol. The first-order valence-corrected chi connectivity index (χ1v) is 6.70. The fraction of sp³-hybridized carbons (Fsp3) is 0.400. The lowest BCUT2D eigenvalue weighted by Crippen LogP contribution is -2.27. The minimum Gasteiger partial charge on any atom is -0.387 e. The van der Waals surface area contributed by atoms with E-state index in [0.29, 0.717) is 0 Å². The number of benzene rings is 1. The fourth-order valence-corrected chi connectivity index (χ4v) is 2.21. The van der Waals surface area contributed by atoms with Crippen LogP contribution in [0.15, 0.2) is 30.6 Å². The molecule has 21 heavy (non-hydrogen) atoms. The Hall–Kier alpha value is -1.79. The van der Waals surface area contributed by atoms with E-state index in [4.69, 9.17) is 0 Å². The average molecular weight is 295 g/mol. The maximum absolute atomic E-state index is 13.6. The first-order chi connectivity index (χ1) is 9.88. The van der Waals surface area contributed by atoms with Crippen molar-refractivity contribution in [2.75, 3.05) is 13.6 Å². The SMILES string of the molecule is CC(c1cnn(C)c1)N(C)CC(O)c1ccc(F)cc1F. The van der Waals surface area contributed by atoms with Crippen molar-refractivity contribution in [1.82, 2.24) is 14.7 Å². The van der Waals surface area contributed by atoms with Gasteiger partial charge in [0.1, 0.15) is 11.6 Å². The van der Waals surface area contributed by atoms with Crippen molar-refractivity contribution >= 4 is 0 Å². The summed E-state index contributed by atoms with van der Waals surface area (Å²) in [5.74, 6) is -1.38. The molecule has 0 fully saturated rings. The van der Waals surface area contributed by atoms with Gasteiger partial charge in [-0.2, -0.15) is 5.10 Å². The van der Waals surface area contributed by atoms with Gasteiger partial charge in [-0.25, -0.2) is 8.78 Å². The van der Waals surface area contributed by atoms with Crippen LogP contribution < -0.4 is 0 Å². The van der Waals surface area contributed by atoms with Gasteiger partial charge in [0.05, 0.1) is 12.3 Å². The number of hydrogen-bond acceptors (Lipinski definition) is 3. The summed E-state index contributed by atoms with van der Waals surface area (Å²) < 4.78 is 28.2. The molecular formula is C15H19F2N3O. The summed E-state index contributed by atoms with van der Waals surface area (Å²) in [6, 6.07) is 3.23. The normalized spacial score (nSPS) is 14.4. The number of aliphatic hydroxyl groups is 1. The van der Waals surface area contributed by atoms with Crippen molar-refractivity contribution in [1.29, 1.82) is 0 Å². The summed E-state index contributed by atoms with van der Waals surface area (Å²) in [5, 5.41) is 14.2. The fourth-order valence-electron chi connectivity index (χ4n) is 2.21. The highest BCUT2D eigenvalue weighted by molar-refractivity contribution is 5.21. The van der Waals surface area contributed by atoms with Crippen LogP contribution in [0.5, 0.6) is 0 Å². The molecule has 1 aromatic heterocycles. The van der Waals surface area contributed by atoms with Crippen molar-refractivity contribution in [3.05, 3.63) is 53.4 Å². The molecule has 0 saturated heterocycles. The smallest absolute Gasteiger partial charge is 0.131 e. The van der Waals surface area contributed by atoms with Crippen LogP contribution in [0.3, 0.4) is 0 Å². The van der Waals surface area contributed by atoms with E-state index in [0.717, 1.165) is 17.7 Å². The van der Waals surface area contributed by atoms with Gasteiger partial charge in [0.25, 0.3) is 0 Å². The summed E-state index contributed by atoms with van der Waals surface area (Å²) >= 11 is 0. The first kappa shape index (κ1) is 15.6. The van der Waals surface area contributed by atoms with Crippen LogP contribution >= 0.6 is 0 Å². The highest BCUT2D eigenvalue weighted by Gasteiger charge is 2.20. The standard InChI is InChI=1S/C15H19F2N3O/c1-10(11-7-18-20(3)8-11)19(2)9-15(21)13-5-4-12(16)6-14(13)17/h4-8,10,15,21H,9H2,1-3H3. The molecule has 4 nitrogen and oxygen atoms in total. The van der Waals surface area contributed by atoms with Gasteiger partial charge in [-0.15, -0.1) is 0 Å². The second kappa shape index (κ2) is 6.32. The van der Waals surface area contributed by atoms with Crippen LogP contribution in [0.4, 0.5) is 8.78 Å². The molecule has 0 aliphatic heterocycles. The Labute approximate surface area is 122 Å². The van der Waals surface area contributed by atoms with Gasteiger partial charge in [0.2, 0.25) is 0 Å². The van der Waals surface area contributed by atoms with Gasteiger partial charge in [-0.05, 0) is 20.0 Å². The average Bonchev–Trinajstić information content (AvgIpc) is 2.84. The Morgan fingerprint density at radius 2 is 2.10 bits per heavy atom. The second-order valence-electron chi connectivity index (χ2n) is 5.24. The van der Waals surface area contributed by atoms with E-state index in [9.17, 15) is 13.9 Å². The van der Waals surface area contributed by atoms with E-state index in [1.54, 1.807) is 10.9 Å². The van der Waals surface area contributed by atoms with Gasteiger partial charge < -0.3 is 5.11 Å². The zero-order valence-corrected chi connectivity index (χ0v) is 12.3. The van der Waals surface area contributed by atoms with Crippen LogP contribution in [0.2, 0.25) is 0 Å². The van der Waals surface area contributed by atoms with E-state index in [-0.39, 0.29) is 18.2 Å². The van der Waals surface area contributed by atoms with Crippen LogP contribution in [-0.4, -0.2) is 33.4 Å². The van der Waals surface area contributed by atoms with Crippen molar-refractivity contribution in [3.63, 3.8) is 0 Å². The largest absolute Gasteiger partial charge is 0.387 e. The topological polar surface area (TPSA) is 41.3 Å². The Morgan fingerprint density at radius 3 is 2.67 bits per heavy atom. The highest BCUT2D eigenvalue weighted by Crippen LogP contribution is 2.23. The molecule has 0 radical (unpaired) electrons. The summed E-state index contributed by atoms with van der Waals surface area (Å²) in [4.78, 5) is 1.89. The number of nitrogens with zero attached hydrogens (tertiary/aromatic N) is 3. The molecule has 2 unspecified atom stereocenters. The third-order valence-electron chi connectivity index (χ3n) is 3.65. The van der Waals surface area contributed by atoms with Crippen molar-refractivity contribution in [2.24, 2.45) is 7.05 Å². The molecule has 2 rings (SSSR count). The van der Waals surface area contributed by atoms with Crippen LogP contribution in [0.25, 0.3) is 0 Å². The molecule has 0 spiro atoms. The zero-order valence-electron chi connectivity index (χ0n) is 12.3. The summed E-state index contributed by atoms with van der Waals surface area (Å²) in [5.41, 5.74) is 1.11. The summed E-state index contributed by atoms with van der Waals surface area (Å²) in [6.07, 6.45) is 2.63. The highest BCUT2D eigenvalue weighted by atomic mass is 19.1. The summed E-state index contributed by atoms with van der Waals surface area (Å²) in [7, 11) is 3.67. The number of hydrogen-bond donors (Lipinski definition) is 1. The van der Waals surface area contributed by atoms with Crippen molar-refractivity contribution < 1.29 is 13.9 Å². The number of halogens is 2. The van der Waals surface area contributed by atoms with Gasteiger partial charge in [-0.1, -0.05) is 6.07 Å². The number of aliphatic hydroxyl groups excluding tert-OH is 1. The quantitative estimate of drug-likeness (QED) is 0.921. The minimum atomic E-state index is -1.02. The van der Waals surface area contributed by atoms with Crippen LogP contribution in [-0.2, 0) is 7.05 Å². The van der Waals surface area contributed by atoms with Gasteiger partial charge in [-0.3, -0.25) is 9.58 Å². The van der Waals surface area contributed by atoms with Gasteiger partial charge in [0, 0.05) is 43.0 Å². The zero-order chi connectivity index (χ0) is 15.6. The molecule has 1 N–H and O–H groups in total. The minimum absolute atomic E-state index is 0.0249.